The fourth-order valence-electron chi connectivity index (χ4n) is 6.00. The number of rotatable bonds is 3. The zero-order valence-corrected chi connectivity index (χ0v) is 22.4. The first-order valence-electron chi connectivity index (χ1n) is 13.2. The molecule has 4 aromatic rings. The molecular weight excluding hydrogens is 564 g/mol. The molecule has 2 aliphatic heterocycles. The van der Waals surface area contributed by atoms with Crippen molar-refractivity contribution < 1.29 is 60.5 Å². The Morgan fingerprint density at radius 1 is 0.512 bits per heavy atom. The van der Waals surface area contributed by atoms with Crippen molar-refractivity contribution in [2.45, 2.75) is 43.2 Å². The summed E-state index contributed by atoms with van der Waals surface area (Å²) >= 11 is 0. The van der Waals surface area contributed by atoms with Crippen LogP contribution in [0, 0.1) is 0 Å². The number of hydrogen-bond acceptors (Lipinski definition) is 12. The average Bonchev–Trinajstić information content (AvgIpc) is 2.94. The molecule has 0 bridgehead atoms. The zero-order chi connectivity index (χ0) is 30.9. The highest BCUT2D eigenvalue weighted by Crippen LogP contribution is 2.58. The third-order valence-corrected chi connectivity index (χ3v) is 8.13. The molecule has 0 aromatic heterocycles. The highest BCUT2D eigenvalue weighted by atomic mass is 16.5. The average molecular weight is 593 g/mol. The van der Waals surface area contributed by atoms with Crippen molar-refractivity contribution in [3.05, 3.63) is 82.4 Å². The van der Waals surface area contributed by atoms with E-state index in [0.29, 0.717) is 0 Å². The topological polar surface area (TPSA) is 221 Å². The summed E-state index contributed by atoms with van der Waals surface area (Å²) in [5.41, 5.74) is 0.430. The molecule has 0 amide bonds. The Balaban J connectivity index is 1.58. The van der Waals surface area contributed by atoms with Crippen molar-refractivity contribution >= 4 is 0 Å². The molecule has 0 aliphatic carbocycles. The Morgan fingerprint density at radius 3 is 1.63 bits per heavy atom. The Bertz CT molecular complexity index is 1750. The number of aliphatic hydroxyl groups excluding tert-OH is 2. The molecule has 6 atom stereocenters. The van der Waals surface area contributed by atoms with E-state index in [0.717, 1.165) is 12.1 Å². The van der Waals surface area contributed by atoms with E-state index >= 15 is 0 Å². The second-order valence-corrected chi connectivity index (χ2v) is 10.8. The third kappa shape index (κ3) is 4.39. The largest absolute Gasteiger partial charge is 0.508 e. The van der Waals surface area contributed by atoms with Crippen LogP contribution in [0.15, 0.2) is 54.6 Å². The van der Waals surface area contributed by atoms with Crippen molar-refractivity contribution in [1.29, 1.82) is 0 Å². The molecule has 4 unspecified atom stereocenters. The SMILES string of the molecule is C[C@H]1c2c(O)cc(O)c([C@H]3c4c(O)cc(O)cc4OC(c4ccc(O)c(O)c4)C3O)c2OC(c2ccc(O)c(O)c2)C1O. The summed E-state index contributed by atoms with van der Waals surface area (Å²) in [6, 6.07) is 10.8. The van der Waals surface area contributed by atoms with Crippen LogP contribution < -0.4 is 9.47 Å². The van der Waals surface area contributed by atoms with Gasteiger partial charge in [-0.15, -0.1) is 0 Å². The van der Waals surface area contributed by atoms with Crippen LogP contribution >= 0.6 is 0 Å². The van der Waals surface area contributed by atoms with E-state index < -0.39 is 76.5 Å². The van der Waals surface area contributed by atoms with Crippen LogP contribution in [-0.2, 0) is 0 Å². The molecule has 2 heterocycles. The maximum absolute atomic E-state index is 11.8. The van der Waals surface area contributed by atoms with Gasteiger partial charge in [0.15, 0.2) is 35.2 Å². The second-order valence-electron chi connectivity index (χ2n) is 10.8. The van der Waals surface area contributed by atoms with Crippen molar-refractivity contribution in [2.24, 2.45) is 0 Å². The minimum Gasteiger partial charge on any atom is -0.508 e. The molecule has 12 nitrogen and oxygen atoms in total. The van der Waals surface area contributed by atoms with Crippen LogP contribution in [0.2, 0.25) is 0 Å². The molecule has 4 aromatic carbocycles. The van der Waals surface area contributed by atoms with E-state index in [4.69, 9.17) is 9.47 Å². The summed E-state index contributed by atoms with van der Waals surface area (Å²) < 4.78 is 12.2. The summed E-state index contributed by atoms with van der Waals surface area (Å²) in [6.45, 7) is 1.60. The number of aromatic hydroxyl groups is 8. The van der Waals surface area contributed by atoms with Gasteiger partial charge in [-0.05, 0) is 35.4 Å². The van der Waals surface area contributed by atoms with Gasteiger partial charge in [0, 0.05) is 40.8 Å². The van der Waals surface area contributed by atoms with Crippen LogP contribution in [0.3, 0.4) is 0 Å². The number of fused-ring (bicyclic) bond motifs is 2. The van der Waals surface area contributed by atoms with E-state index in [9.17, 15) is 51.1 Å². The highest BCUT2D eigenvalue weighted by Gasteiger charge is 2.47. The molecule has 6 rings (SSSR count). The molecule has 0 saturated carbocycles. The van der Waals surface area contributed by atoms with Gasteiger partial charge in [0.2, 0.25) is 0 Å². The van der Waals surface area contributed by atoms with Gasteiger partial charge in [-0.3, -0.25) is 0 Å². The van der Waals surface area contributed by atoms with Gasteiger partial charge in [-0.1, -0.05) is 19.1 Å². The molecule has 224 valence electrons. The lowest BCUT2D eigenvalue weighted by Crippen LogP contribution is -2.37. The number of aliphatic hydroxyl groups is 2. The number of ether oxygens (including phenoxy) is 2. The summed E-state index contributed by atoms with van der Waals surface area (Å²) in [4.78, 5) is 0. The number of benzene rings is 4. The van der Waals surface area contributed by atoms with Crippen LogP contribution in [0.1, 0.15) is 58.8 Å². The van der Waals surface area contributed by atoms with Crippen molar-refractivity contribution in [3.8, 4) is 57.5 Å². The van der Waals surface area contributed by atoms with Crippen molar-refractivity contribution in [2.75, 3.05) is 0 Å². The van der Waals surface area contributed by atoms with E-state index in [1.165, 1.54) is 42.5 Å². The number of phenols is 8. The Morgan fingerprint density at radius 2 is 1.05 bits per heavy atom. The molecular formula is C31H28O12. The molecule has 10 N–H and O–H groups in total. The monoisotopic (exact) mass is 592 g/mol. The molecule has 0 radical (unpaired) electrons. The zero-order valence-electron chi connectivity index (χ0n) is 22.4. The molecule has 0 spiro atoms. The Labute approximate surface area is 243 Å². The van der Waals surface area contributed by atoms with E-state index in [-0.39, 0.29) is 45.1 Å². The molecule has 2 aliphatic rings. The van der Waals surface area contributed by atoms with E-state index in [2.05, 4.69) is 0 Å². The van der Waals surface area contributed by atoms with Crippen molar-refractivity contribution in [1.82, 2.24) is 0 Å². The maximum Gasteiger partial charge on any atom is 0.157 e. The van der Waals surface area contributed by atoms with Gasteiger partial charge >= 0.3 is 0 Å². The fourth-order valence-corrected chi connectivity index (χ4v) is 6.00. The predicted octanol–water partition coefficient (Wildman–Crippen LogP) is 3.56. The number of phenolic OH excluding ortho intramolecular Hbond substituents is 8. The van der Waals surface area contributed by atoms with Gasteiger partial charge in [0.25, 0.3) is 0 Å². The predicted molar refractivity (Wildman–Crippen MR) is 148 cm³/mol. The minimum atomic E-state index is -1.60. The molecule has 0 fully saturated rings. The van der Waals surface area contributed by atoms with Gasteiger partial charge in [-0.25, -0.2) is 0 Å². The van der Waals surface area contributed by atoms with Gasteiger partial charge in [0.1, 0.15) is 46.7 Å². The normalized spacial score (nSPS) is 24.3. The first-order chi connectivity index (χ1) is 20.4. The number of hydrogen-bond donors (Lipinski definition) is 10. The minimum absolute atomic E-state index is 0.0334. The van der Waals surface area contributed by atoms with Crippen LogP contribution in [0.5, 0.6) is 57.5 Å². The quantitative estimate of drug-likeness (QED) is 0.154. The standard InChI is InChI=1S/C31H28O12/c1-11-23-20(38)10-21(39)25(31(23)43-29(27(11)40)12-2-4-15(33)17(35)6-12)26-24-19(37)8-14(32)9-22(24)42-30(28(26)41)13-3-5-16(34)18(36)7-13/h2-11,26-30,32-41H,1H3/t11-,26+,27?,28?,29?,30?/m0/s1. The first kappa shape index (κ1) is 27.9. The van der Waals surface area contributed by atoms with Crippen LogP contribution in [0.25, 0.3) is 0 Å². The molecule has 43 heavy (non-hydrogen) atoms. The fraction of sp³-hybridized carbons (Fsp3) is 0.226. The smallest absolute Gasteiger partial charge is 0.157 e. The van der Waals surface area contributed by atoms with Gasteiger partial charge in [0.05, 0.1) is 5.92 Å². The Kier molecular flexibility index (Phi) is 6.48. The first-order valence-corrected chi connectivity index (χ1v) is 13.2. The van der Waals surface area contributed by atoms with Crippen molar-refractivity contribution in [3.63, 3.8) is 0 Å². The van der Waals surface area contributed by atoms with Gasteiger partial charge < -0.3 is 60.5 Å². The Hall–Kier alpha value is -5.20. The lowest BCUT2D eigenvalue weighted by Gasteiger charge is -2.41. The van der Waals surface area contributed by atoms with Gasteiger partial charge in [-0.2, -0.15) is 0 Å². The summed E-state index contributed by atoms with van der Waals surface area (Å²) in [5.74, 6) is -5.93. The highest BCUT2D eigenvalue weighted by molar-refractivity contribution is 5.66. The van der Waals surface area contributed by atoms with Crippen LogP contribution in [0.4, 0.5) is 0 Å². The lowest BCUT2D eigenvalue weighted by molar-refractivity contribution is -0.00569. The molecule has 0 saturated heterocycles. The van der Waals surface area contributed by atoms with E-state index in [1.807, 2.05) is 0 Å². The summed E-state index contributed by atoms with van der Waals surface area (Å²) in [7, 11) is 0. The molecule has 12 heteroatoms. The summed E-state index contributed by atoms with van der Waals surface area (Å²) in [5, 5.41) is 106. The third-order valence-electron chi connectivity index (χ3n) is 8.13. The van der Waals surface area contributed by atoms with Crippen LogP contribution in [-0.4, -0.2) is 63.3 Å². The second kappa shape index (κ2) is 9.96. The summed E-state index contributed by atoms with van der Waals surface area (Å²) in [6.07, 6.45) is -5.33. The lowest BCUT2D eigenvalue weighted by atomic mass is 9.76. The van der Waals surface area contributed by atoms with E-state index in [1.54, 1.807) is 6.92 Å². The maximum atomic E-state index is 11.8.